The lowest BCUT2D eigenvalue weighted by atomic mass is 10.1. The molecule has 0 aliphatic rings. The van der Waals surface area contributed by atoms with Crippen LogP contribution in [-0.4, -0.2) is 12.2 Å². The van der Waals surface area contributed by atoms with Gasteiger partial charge in [0.15, 0.2) is 0 Å². The van der Waals surface area contributed by atoms with Crippen LogP contribution in [0.15, 0.2) is 10.1 Å². The second-order valence-electron chi connectivity index (χ2n) is 3.36. The van der Waals surface area contributed by atoms with Crippen LogP contribution < -0.4 is 11.6 Å². The number of hydrazone groups is 1. The van der Waals surface area contributed by atoms with Crippen molar-refractivity contribution >= 4 is 12.2 Å². The van der Waals surface area contributed by atoms with Gasteiger partial charge in [-0.1, -0.05) is 39.0 Å². The molecule has 0 fully saturated rings. The molecule has 14 heavy (non-hydrogen) atoms. The molecule has 0 saturated carbocycles. The fraction of sp³-hybridized carbons (Fsp3) is 0.800. The molecule has 0 aliphatic carbocycles. The lowest BCUT2D eigenvalue weighted by Gasteiger charge is -1.97. The third-order valence-electron chi connectivity index (χ3n) is 2.04. The summed E-state index contributed by atoms with van der Waals surface area (Å²) in [6.45, 7) is 2.22. The summed E-state index contributed by atoms with van der Waals surface area (Å²) in [4.78, 5) is 3.85. The Morgan fingerprint density at radius 3 is 2.43 bits per heavy atom. The average Bonchev–Trinajstić information content (AvgIpc) is 2.21. The van der Waals surface area contributed by atoms with Crippen LogP contribution in [0.4, 0.5) is 0 Å². The minimum Gasteiger partial charge on any atom is -0.367 e. The first-order valence-corrected chi connectivity index (χ1v) is 5.37. The standard InChI is InChI=1S/C10H22N4/c1-2-3-4-5-6-7-8-9-13-10(11)14-12/h9H,2-8,12H2,1H3,(H2,11,14)/b13-9+. The Hall–Kier alpha value is -1.06. The Labute approximate surface area is 86.5 Å². The van der Waals surface area contributed by atoms with Crippen molar-refractivity contribution in [1.82, 2.24) is 0 Å². The molecule has 0 unspecified atom stereocenters. The number of nitrogens with zero attached hydrogens (tertiary/aromatic N) is 2. The molecular formula is C10H22N4. The van der Waals surface area contributed by atoms with Crippen LogP contribution in [0.1, 0.15) is 51.9 Å². The minimum atomic E-state index is 0.149. The topological polar surface area (TPSA) is 76.8 Å². The summed E-state index contributed by atoms with van der Waals surface area (Å²) in [6, 6.07) is 0. The van der Waals surface area contributed by atoms with Crippen molar-refractivity contribution in [2.24, 2.45) is 21.7 Å². The SMILES string of the molecule is CCCCCCCC/C=N/C(N)=N/N. The van der Waals surface area contributed by atoms with Gasteiger partial charge in [-0.05, 0) is 12.8 Å². The van der Waals surface area contributed by atoms with Gasteiger partial charge in [-0.25, -0.2) is 4.99 Å². The van der Waals surface area contributed by atoms with E-state index in [2.05, 4.69) is 17.0 Å². The highest BCUT2D eigenvalue weighted by molar-refractivity contribution is 5.85. The van der Waals surface area contributed by atoms with Crippen molar-refractivity contribution in [3.63, 3.8) is 0 Å². The van der Waals surface area contributed by atoms with Crippen molar-refractivity contribution in [2.45, 2.75) is 51.9 Å². The normalized spacial score (nSPS) is 12.5. The van der Waals surface area contributed by atoms with Gasteiger partial charge in [-0.3, -0.25) is 0 Å². The Kier molecular flexibility index (Phi) is 9.26. The number of guanidine groups is 1. The molecule has 82 valence electrons. The molecular weight excluding hydrogens is 176 g/mol. The van der Waals surface area contributed by atoms with Gasteiger partial charge in [0.05, 0.1) is 0 Å². The van der Waals surface area contributed by atoms with Gasteiger partial charge < -0.3 is 11.6 Å². The summed E-state index contributed by atoms with van der Waals surface area (Å²) < 4.78 is 0. The van der Waals surface area contributed by atoms with Crippen molar-refractivity contribution in [3.8, 4) is 0 Å². The van der Waals surface area contributed by atoms with E-state index < -0.39 is 0 Å². The lowest BCUT2D eigenvalue weighted by Crippen LogP contribution is -2.10. The van der Waals surface area contributed by atoms with E-state index in [0.717, 1.165) is 6.42 Å². The van der Waals surface area contributed by atoms with E-state index in [-0.39, 0.29) is 5.96 Å². The van der Waals surface area contributed by atoms with Gasteiger partial charge in [-0.15, -0.1) is 5.10 Å². The summed E-state index contributed by atoms with van der Waals surface area (Å²) in [6.07, 6.45) is 10.5. The molecule has 0 spiro atoms. The van der Waals surface area contributed by atoms with Gasteiger partial charge in [0.1, 0.15) is 0 Å². The molecule has 4 nitrogen and oxygen atoms in total. The summed E-state index contributed by atoms with van der Waals surface area (Å²) >= 11 is 0. The smallest absolute Gasteiger partial charge is 0.236 e. The Morgan fingerprint density at radius 2 is 1.79 bits per heavy atom. The molecule has 0 heterocycles. The van der Waals surface area contributed by atoms with Gasteiger partial charge in [0.2, 0.25) is 5.96 Å². The number of hydrogen-bond acceptors (Lipinski definition) is 2. The lowest BCUT2D eigenvalue weighted by molar-refractivity contribution is 0.617. The maximum absolute atomic E-state index is 5.28. The van der Waals surface area contributed by atoms with Gasteiger partial charge >= 0.3 is 0 Å². The highest BCUT2D eigenvalue weighted by Crippen LogP contribution is 2.05. The first kappa shape index (κ1) is 12.9. The third kappa shape index (κ3) is 9.03. The van der Waals surface area contributed by atoms with E-state index in [1.54, 1.807) is 6.21 Å². The first-order valence-electron chi connectivity index (χ1n) is 5.37. The van der Waals surface area contributed by atoms with Crippen molar-refractivity contribution in [1.29, 1.82) is 0 Å². The van der Waals surface area contributed by atoms with Crippen LogP contribution in [0.3, 0.4) is 0 Å². The highest BCUT2D eigenvalue weighted by atomic mass is 15.2. The maximum Gasteiger partial charge on any atom is 0.236 e. The number of aliphatic imine (C=N–C) groups is 1. The van der Waals surface area contributed by atoms with Crippen LogP contribution >= 0.6 is 0 Å². The molecule has 0 aromatic rings. The van der Waals surface area contributed by atoms with Gasteiger partial charge in [0, 0.05) is 6.21 Å². The second-order valence-corrected chi connectivity index (χ2v) is 3.36. The van der Waals surface area contributed by atoms with E-state index in [0.29, 0.717) is 0 Å². The number of nitrogens with two attached hydrogens (primary N) is 2. The zero-order valence-electron chi connectivity index (χ0n) is 9.08. The Bertz CT molecular complexity index is 175. The van der Waals surface area contributed by atoms with Crippen molar-refractivity contribution < 1.29 is 0 Å². The van der Waals surface area contributed by atoms with E-state index in [4.69, 9.17) is 11.6 Å². The monoisotopic (exact) mass is 198 g/mol. The zero-order valence-corrected chi connectivity index (χ0v) is 9.08. The summed E-state index contributed by atoms with van der Waals surface area (Å²) in [5, 5.41) is 3.24. The summed E-state index contributed by atoms with van der Waals surface area (Å²) in [5.74, 6) is 5.07. The number of unbranched alkanes of at least 4 members (excludes halogenated alkanes) is 6. The predicted molar refractivity (Wildman–Crippen MR) is 62.3 cm³/mol. The van der Waals surface area contributed by atoms with Crippen molar-refractivity contribution in [3.05, 3.63) is 0 Å². The van der Waals surface area contributed by atoms with Crippen LogP contribution in [-0.2, 0) is 0 Å². The van der Waals surface area contributed by atoms with E-state index in [9.17, 15) is 0 Å². The largest absolute Gasteiger partial charge is 0.367 e. The second kappa shape index (κ2) is 10.0. The predicted octanol–water partition coefficient (Wildman–Crippen LogP) is 2.00. The fourth-order valence-corrected chi connectivity index (χ4v) is 1.21. The van der Waals surface area contributed by atoms with Crippen LogP contribution in [0, 0.1) is 0 Å². The average molecular weight is 198 g/mol. The number of hydrogen-bond donors (Lipinski definition) is 2. The maximum atomic E-state index is 5.28. The van der Waals surface area contributed by atoms with Crippen LogP contribution in [0.25, 0.3) is 0 Å². The fourth-order valence-electron chi connectivity index (χ4n) is 1.21. The highest BCUT2D eigenvalue weighted by Gasteiger charge is 1.88. The molecule has 0 aromatic heterocycles. The molecule has 0 radical (unpaired) electrons. The van der Waals surface area contributed by atoms with Crippen molar-refractivity contribution in [2.75, 3.05) is 0 Å². The Balaban J connectivity index is 3.17. The Morgan fingerprint density at radius 1 is 1.14 bits per heavy atom. The first-order chi connectivity index (χ1) is 6.81. The van der Waals surface area contributed by atoms with Crippen LogP contribution in [0.2, 0.25) is 0 Å². The molecule has 0 atom stereocenters. The summed E-state index contributed by atoms with van der Waals surface area (Å²) in [5.41, 5.74) is 5.28. The summed E-state index contributed by atoms with van der Waals surface area (Å²) in [7, 11) is 0. The minimum absolute atomic E-state index is 0.149. The van der Waals surface area contributed by atoms with Crippen LogP contribution in [0.5, 0.6) is 0 Å². The molecule has 0 aliphatic heterocycles. The zero-order chi connectivity index (χ0) is 10.6. The van der Waals surface area contributed by atoms with Gasteiger partial charge in [-0.2, -0.15) is 0 Å². The molecule has 0 amide bonds. The van der Waals surface area contributed by atoms with E-state index in [1.165, 1.54) is 38.5 Å². The number of rotatable bonds is 7. The van der Waals surface area contributed by atoms with E-state index >= 15 is 0 Å². The third-order valence-corrected chi connectivity index (χ3v) is 2.04. The molecule has 0 rings (SSSR count). The molecule has 4 N–H and O–H groups in total. The van der Waals surface area contributed by atoms with E-state index in [1.807, 2.05) is 0 Å². The quantitative estimate of drug-likeness (QED) is 0.216. The molecule has 0 saturated heterocycles. The molecule has 0 aromatic carbocycles. The molecule has 0 bridgehead atoms. The molecule has 4 heteroatoms. The van der Waals surface area contributed by atoms with Gasteiger partial charge in [0.25, 0.3) is 0 Å².